The van der Waals surface area contributed by atoms with Crippen LogP contribution in [0.15, 0.2) is 30.3 Å². The average Bonchev–Trinajstić information content (AvgIpc) is 2.74. The van der Waals surface area contributed by atoms with Gasteiger partial charge in [0.25, 0.3) is 5.91 Å². The van der Waals surface area contributed by atoms with E-state index in [1.165, 1.54) is 18.2 Å². The fourth-order valence-corrected chi connectivity index (χ4v) is 2.05. The minimum absolute atomic E-state index is 0.0510. The van der Waals surface area contributed by atoms with Crippen molar-refractivity contribution in [3.63, 3.8) is 0 Å². The largest absolute Gasteiger partial charge is 0.394 e. The number of carbonyl (C=O) groups excluding carboxylic acids is 1. The maximum Gasteiger partial charge on any atom is 0.277 e. The summed E-state index contributed by atoms with van der Waals surface area (Å²) in [7, 11) is 0. The van der Waals surface area contributed by atoms with E-state index >= 15 is 0 Å². The summed E-state index contributed by atoms with van der Waals surface area (Å²) in [6, 6.07) is 8.26. The molecule has 0 aliphatic heterocycles. The van der Waals surface area contributed by atoms with Crippen molar-refractivity contribution < 1.29 is 23.5 Å². The fourth-order valence-electron chi connectivity index (χ4n) is 2.05. The van der Waals surface area contributed by atoms with Crippen molar-refractivity contribution in [3.8, 4) is 6.07 Å². The van der Waals surface area contributed by atoms with Crippen LogP contribution in [0.5, 0.6) is 0 Å². The molecule has 158 valence electrons. The highest BCUT2D eigenvalue weighted by atomic mass is 19.1. The predicted molar refractivity (Wildman–Crippen MR) is 109 cm³/mol. The molecule has 0 unspecified atom stereocenters. The van der Waals surface area contributed by atoms with E-state index in [1.54, 1.807) is 19.1 Å². The molecule has 0 aliphatic carbocycles. The molecule has 0 spiro atoms. The van der Waals surface area contributed by atoms with E-state index < -0.39 is 17.5 Å². The van der Waals surface area contributed by atoms with Crippen LogP contribution in [0.3, 0.4) is 0 Å². The highest BCUT2D eigenvalue weighted by Gasteiger charge is 2.20. The summed E-state index contributed by atoms with van der Waals surface area (Å²) in [4.78, 5) is 16.8. The quantitative estimate of drug-likeness (QED) is 0.481. The number of hydrogen-bond donors (Lipinski definition) is 3. The molecule has 6 nitrogen and oxygen atoms in total. The Bertz CT molecular complexity index is 837. The number of rotatable bonds is 6. The molecule has 8 heteroatoms. The van der Waals surface area contributed by atoms with E-state index in [2.05, 4.69) is 5.32 Å². The Morgan fingerprint density at radius 3 is 2.38 bits per heavy atom. The van der Waals surface area contributed by atoms with Crippen molar-refractivity contribution in [2.24, 2.45) is 0 Å². The Morgan fingerprint density at radius 1 is 1.17 bits per heavy atom. The number of amides is 1. The Balaban J connectivity index is 0.00000184. The van der Waals surface area contributed by atoms with Crippen LogP contribution in [0.1, 0.15) is 49.2 Å². The van der Waals surface area contributed by atoms with E-state index in [0.717, 1.165) is 6.07 Å². The third-order valence-corrected chi connectivity index (χ3v) is 3.25. The van der Waals surface area contributed by atoms with Crippen LogP contribution < -0.4 is 10.8 Å². The standard InChI is InChI=1S/C17H15F2N3O3.2C2H6/c1-10-2-5-14(13(18)8-10)21-16-12(17(24)22-25-7-6-23)4-3-11(9-20)15(16)19;2*1-2/h2-5,8,21,23H,6-7H2,1H3,(H,22,24);2*1-2H3. The smallest absolute Gasteiger partial charge is 0.277 e. The van der Waals surface area contributed by atoms with Crippen LogP contribution >= 0.6 is 0 Å². The number of carbonyl (C=O) groups is 1. The minimum atomic E-state index is -0.989. The molecule has 2 aromatic carbocycles. The van der Waals surface area contributed by atoms with Gasteiger partial charge < -0.3 is 10.4 Å². The Labute approximate surface area is 170 Å². The number of aryl methyl sites for hydroxylation is 1. The monoisotopic (exact) mass is 407 g/mol. The summed E-state index contributed by atoms with van der Waals surface area (Å²) >= 11 is 0. The lowest BCUT2D eigenvalue weighted by Crippen LogP contribution is -2.26. The molecule has 0 bridgehead atoms. The van der Waals surface area contributed by atoms with Gasteiger partial charge in [-0.15, -0.1) is 0 Å². The topological polar surface area (TPSA) is 94.4 Å². The van der Waals surface area contributed by atoms with Gasteiger partial charge >= 0.3 is 0 Å². The van der Waals surface area contributed by atoms with Crippen LogP contribution in [0, 0.1) is 29.9 Å². The second-order valence-electron chi connectivity index (χ2n) is 5.07. The van der Waals surface area contributed by atoms with Crippen molar-refractivity contribution >= 4 is 17.3 Å². The van der Waals surface area contributed by atoms with Gasteiger partial charge in [0.1, 0.15) is 11.9 Å². The molecule has 0 radical (unpaired) electrons. The van der Waals surface area contributed by atoms with Crippen molar-refractivity contribution in [3.05, 3.63) is 58.7 Å². The first-order valence-corrected chi connectivity index (χ1v) is 9.26. The van der Waals surface area contributed by atoms with E-state index in [0.29, 0.717) is 5.56 Å². The molecule has 0 fully saturated rings. The van der Waals surface area contributed by atoms with Gasteiger partial charge in [-0.2, -0.15) is 5.26 Å². The molecule has 0 atom stereocenters. The van der Waals surface area contributed by atoms with Crippen molar-refractivity contribution in [1.82, 2.24) is 5.48 Å². The summed E-state index contributed by atoms with van der Waals surface area (Å²) in [5.41, 5.74) is 1.81. The number of aliphatic hydroxyl groups is 1. The van der Waals surface area contributed by atoms with Crippen LogP contribution in [0.4, 0.5) is 20.2 Å². The summed E-state index contributed by atoms with van der Waals surface area (Å²) in [6.45, 7) is 9.22. The third kappa shape index (κ3) is 7.49. The van der Waals surface area contributed by atoms with Gasteiger partial charge in [-0.05, 0) is 36.8 Å². The first kappa shape index (κ1) is 26.0. The van der Waals surface area contributed by atoms with E-state index in [1.807, 2.05) is 33.2 Å². The highest BCUT2D eigenvalue weighted by Crippen LogP contribution is 2.28. The van der Waals surface area contributed by atoms with Crippen LogP contribution in [0.2, 0.25) is 0 Å². The van der Waals surface area contributed by atoms with Gasteiger partial charge in [0.2, 0.25) is 0 Å². The number of aliphatic hydroxyl groups excluding tert-OH is 1. The zero-order chi connectivity index (χ0) is 22.4. The fraction of sp³-hybridized carbons (Fsp3) is 0.333. The molecule has 0 aromatic heterocycles. The minimum Gasteiger partial charge on any atom is -0.394 e. The molecule has 0 saturated carbocycles. The zero-order valence-electron chi connectivity index (χ0n) is 17.3. The number of halogens is 2. The number of anilines is 2. The predicted octanol–water partition coefficient (Wildman–Crippen LogP) is 4.59. The van der Waals surface area contributed by atoms with Crippen molar-refractivity contribution in [1.29, 1.82) is 5.26 Å². The lowest BCUT2D eigenvalue weighted by molar-refractivity contribution is 0.0168. The molecular weight excluding hydrogens is 380 g/mol. The number of nitrogens with zero attached hydrogens (tertiary/aromatic N) is 1. The van der Waals surface area contributed by atoms with Gasteiger partial charge in [-0.1, -0.05) is 33.8 Å². The third-order valence-electron chi connectivity index (χ3n) is 3.25. The molecule has 3 N–H and O–H groups in total. The Kier molecular flexibility index (Phi) is 12.6. The molecule has 0 saturated heterocycles. The van der Waals surface area contributed by atoms with Gasteiger partial charge in [0.15, 0.2) is 5.82 Å². The van der Waals surface area contributed by atoms with Crippen LogP contribution in [-0.2, 0) is 4.84 Å². The van der Waals surface area contributed by atoms with Gasteiger partial charge in [0.05, 0.1) is 35.7 Å². The van der Waals surface area contributed by atoms with Gasteiger partial charge in [0, 0.05) is 0 Å². The number of nitriles is 1. The van der Waals surface area contributed by atoms with E-state index in [9.17, 15) is 13.6 Å². The number of benzene rings is 2. The second kappa shape index (κ2) is 14.0. The molecule has 0 heterocycles. The summed E-state index contributed by atoms with van der Waals surface area (Å²) < 4.78 is 28.5. The SMILES string of the molecule is CC.CC.Cc1ccc(Nc2c(C(=O)NOCCO)ccc(C#N)c2F)c(F)c1. The zero-order valence-corrected chi connectivity index (χ0v) is 17.3. The van der Waals surface area contributed by atoms with Crippen molar-refractivity contribution in [2.45, 2.75) is 34.6 Å². The van der Waals surface area contributed by atoms with E-state index in [-0.39, 0.29) is 35.7 Å². The van der Waals surface area contributed by atoms with Gasteiger partial charge in [-0.3, -0.25) is 9.63 Å². The molecular formula is C21H27F2N3O3. The maximum absolute atomic E-state index is 14.5. The molecule has 29 heavy (non-hydrogen) atoms. The lowest BCUT2D eigenvalue weighted by Gasteiger charge is -2.14. The molecule has 0 aliphatic rings. The van der Waals surface area contributed by atoms with Crippen LogP contribution in [0.25, 0.3) is 0 Å². The summed E-state index contributed by atoms with van der Waals surface area (Å²) in [5.74, 6) is -2.44. The van der Waals surface area contributed by atoms with Gasteiger partial charge in [-0.25, -0.2) is 14.3 Å². The Morgan fingerprint density at radius 2 is 1.83 bits per heavy atom. The average molecular weight is 407 g/mol. The highest BCUT2D eigenvalue weighted by molar-refractivity contribution is 6.00. The number of nitrogens with one attached hydrogen (secondary N) is 2. The molecule has 1 amide bonds. The molecule has 2 aromatic rings. The number of hydrogen-bond acceptors (Lipinski definition) is 5. The first-order valence-electron chi connectivity index (χ1n) is 9.26. The maximum atomic E-state index is 14.5. The number of hydroxylamine groups is 1. The second-order valence-corrected chi connectivity index (χ2v) is 5.07. The first-order chi connectivity index (χ1) is 14.0. The summed E-state index contributed by atoms with van der Waals surface area (Å²) in [5, 5.41) is 20.1. The van der Waals surface area contributed by atoms with Crippen molar-refractivity contribution in [2.75, 3.05) is 18.5 Å². The lowest BCUT2D eigenvalue weighted by atomic mass is 10.1. The molecule has 2 rings (SSSR count). The van der Waals surface area contributed by atoms with Crippen LogP contribution in [-0.4, -0.2) is 24.2 Å². The van der Waals surface area contributed by atoms with E-state index in [4.69, 9.17) is 15.2 Å². The Hall–Kier alpha value is -3.02. The summed E-state index contributed by atoms with van der Waals surface area (Å²) in [6.07, 6.45) is 0. The normalized spacial score (nSPS) is 9.21.